The molecular formula is C16H16N2O3. The number of nitrogens with zero attached hydrogens (tertiary/aromatic N) is 2. The van der Waals surface area contributed by atoms with Gasteiger partial charge in [0.25, 0.3) is 6.04 Å². The summed E-state index contributed by atoms with van der Waals surface area (Å²) in [4.78, 5) is 13.1. The van der Waals surface area contributed by atoms with Gasteiger partial charge in [-0.15, -0.1) is 0 Å². The average Bonchev–Trinajstić information content (AvgIpc) is 2.48. The van der Waals surface area contributed by atoms with Crippen molar-refractivity contribution in [2.45, 2.75) is 12.1 Å². The number of anilines is 1. The smallest absolute Gasteiger partial charge is 0.254 e. The molecule has 108 valence electrons. The van der Waals surface area contributed by atoms with Gasteiger partial charge < -0.3 is 9.64 Å². The minimum atomic E-state index is -0.571. The molecule has 0 aliphatic carbocycles. The van der Waals surface area contributed by atoms with Gasteiger partial charge in [0.15, 0.2) is 0 Å². The fourth-order valence-corrected chi connectivity index (χ4v) is 2.76. The molecule has 21 heavy (non-hydrogen) atoms. The minimum absolute atomic E-state index is 0.186. The fraction of sp³-hybridized carbons (Fsp3) is 0.250. The maximum Gasteiger partial charge on any atom is 0.254 e. The molecule has 1 aliphatic heterocycles. The molecule has 1 aliphatic rings. The molecule has 5 nitrogen and oxygen atoms in total. The highest BCUT2D eigenvalue weighted by molar-refractivity contribution is 5.53. The number of hydrogen-bond donors (Lipinski definition) is 0. The van der Waals surface area contributed by atoms with E-state index in [2.05, 4.69) is 4.90 Å². The molecule has 0 spiro atoms. The molecule has 0 unspecified atom stereocenters. The maximum atomic E-state index is 11.2. The zero-order valence-electron chi connectivity index (χ0n) is 11.7. The Labute approximate surface area is 122 Å². The van der Waals surface area contributed by atoms with E-state index in [1.165, 1.54) is 0 Å². The molecule has 2 atom stereocenters. The first kappa shape index (κ1) is 13.4. The number of nitro groups is 1. The highest BCUT2D eigenvalue weighted by Crippen LogP contribution is 2.39. The second kappa shape index (κ2) is 5.44. The number of methoxy groups -OCH3 is 1. The van der Waals surface area contributed by atoms with Crippen LogP contribution in [0.3, 0.4) is 0 Å². The molecule has 5 heteroatoms. The summed E-state index contributed by atoms with van der Waals surface area (Å²) in [6.45, 7) is 0.438. The molecule has 1 fully saturated rings. The molecule has 0 saturated carbocycles. The summed E-state index contributed by atoms with van der Waals surface area (Å²) in [5.41, 5.74) is 1.95. The molecule has 0 aromatic heterocycles. The fourth-order valence-electron chi connectivity index (χ4n) is 2.76. The van der Waals surface area contributed by atoms with Crippen molar-refractivity contribution >= 4 is 5.69 Å². The summed E-state index contributed by atoms with van der Waals surface area (Å²) in [7, 11) is 1.61. The van der Waals surface area contributed by atoms with Gasteiger partial charge in [0.1, 0.15) is 11.8 Å². The third kappa shape index (κ3) is 2.42. The van der Waals surface area contributed by atoms with Crippen LogP contribution in [0.1, 0.15) is 11.6 Å². The van der Waals surface area contributed by atoms with E-state index in [0.717, 1.165) is 17.0 Å². The molecule has 0 radical (unpaired) electrons. The highest BCUT2D eigenvalue weighted by atomic mass is 16.6. The Bertz CT molecular complexity index is 628. The second-order valence-corrected chi connectivity index (χ2v) is 5.06. The van der Waals surface area contributed by atoms with Crippen molar-refractivity contribution in [1.82, 2.24) is 0 Å². The quantitative estimate of drug-likeness (QED) is 0.640. The lowest BCUT2D eigenvalue weighted by atomic mass is 9.89. The molecule has 0 N–H and O–H groups in total. The van der Waals surface area contributed by atoms with Gasteiger partial charge in [-0.25, -0.2) is 0 Å². The van der Waals surface area contributed by atoms with E-state index in [1.807, 2.05) is 54.6 Å². The Balaban J connectivity index is 1.91. The van der Waals surface area contributed by atoms with Gasteiger partial charge in [0.05, 0.1) is 13.7 Å². The highest BCUT2D eigenvalue weighted by Gasteiger charge is 2.48. The third-order valence-electron chi connectivity index (χ3n) is 3.90. The van der Waals surface area contributed by atoms with Gasteiger partial charge in [0.2, 0.25) is 0 Å². The Morgan fingerprint density at radius 2 is 1.81 bits per heavy atom. The number of ether oxygens (including phenoxy) is 1. The summed E-state index contributed by atoms with van der Waals surface area (Å²) in [6.07, 6.45) is 0. The van der Waals surface area contributed by atoms with Crippen molar-refractivity contribution in [2.24, 2.45) is 0 Å². The summed E-state index contributed by atoms with van der Waals surface area (Å²) in [6, 6.07) is 16.5. The van der Waals surface area contributed by atoms with E-state index in [0.29, 0.717) is 6.54 Å². The largest absolute Gasteiger partial charge is 0.497 e. The lowest BCUT2D eigenvalue weighted by molar-refractivity contribution is -0.534. The molecule has 2 aromatic rings. The van der Waals surface area contributed by atoms with Crippen molar-refractivity contribution in [1.29, 1.82) is 0 Å². The van der Waals surface area contributed by atoms with Crippen LogP contribution in [0, 0.1) is 10.1 Å². The van der Waals surface area contributed by atoms with Crippen LogP contribution in [-0.4, -0.2) is 24.6 Å². The zero-order valence-corrected chi connectivity index (χ0v) is 11.7. The van der Waals surface area contributed by atoms with Crippen LogP contribution in [-0.2, 0) is 0 Å². The first-order valence-electron chi connectivity index (χ1n) is 6.80. The van der Waals surface area contributed by atoms with E-state index in [-0.39, 0.29) is 11.0 Å². The Hall–Kier alpha value is -2.56. The number of benzene rings is 2. The standard InChI is InChI=1S/C16H16N2O3/c1-21-14-9-7-12(8-10-14)16-15(18(19)20)11-17(16)13-5-3-2-4-6-13/h2-10,15-16H,11H2,1H3/t15-,16+/m0/s1. The average molecular weight is 284 g/mol. The monoisotopic (exact) mass is 284 g/mol. The van der Waals surface area contributed by atoms with Crippen molar-refractivity contribution in [3.8, 4) is 5.75 Å². The molecule has 0 amide bonds. The predicted octanol–water partition coefficient (Wildman–Crippen LogP) is 2.90. The molecule has 2 aromatic carbocycles. The first-order chi connectivity index (χ1) is 10.2. The summed E-state index contributed by atoms with van der Waals surface area (Å²) in [5.74, 6) is 0.752. The number of rotatable bonds is 4. The van der Waals surface area contributed by atoms with Gasteiger partial charge in [-0.3, -0.25) is 10.1 Å². The van der Waals surface area contributed by atoms with Crippen LogP contribution in [0.4, 0.5) is 5.69 Å². The summed E-state index contributed by atoms with van der Waals surface area (Å²) >= 11 is 0. The zero-order chi connectivity index (χ0) is 14.8. The van der Waals surface area contributed by atoms with Crippen LogP contribution in [0.15, 0.2) is 54.6 Å². The van der Waals surface area contributed by atoms with Crippen LogP contribution >= 0.6 is 0 Å². The Morgan fingerprint density at radius 3 is 2.38 bits per heavy atom. The number of hydrogen-bond acceptors (Lipinski definition) is 4. The van der Waals surface area contributed by atoms with Gasteiger partial charge in [-0.05, 0) is 29.8 Å². The summed E-state index contributed by atoms with van der Waals surface area (Å²) in [5, 5.41) is 11.2. The van der Waals surface area contributed by atoms with Crippen LogP contribution < -0.4 is 9.64 Å². The normalized spacial score (nSPS) is 20.7. The van der Waals surface area contributed by atoms with E-state index < -0.39 is 6.04 Å². The van der Waals surface area contributed by atoms with Gasteiger partial charge in [0, 0.05) is 10.6 Å². The molecular weight excluding hydrogens is 268 g/mol. The van der Waals surface area contributed by atoms with Gasteiger partial charge in [-0.1, -0.05) is 30.3 Å². The third-order valence-corrected chi connectivity index (χ3v) is 3.90. The predicted molar refractivity (Wildman–Crippen MR) is 80.3 cm³/mol. The van der Waals surface area contributed by atoms with Crippen molar-refractivity contribution in [2.75, 3.05) is 18.6 Å². The number of para-hydroxylation sites is 1. The topological polar surface area (TPSA) is 55.6 Å². The second-order valence-electron chi connectivity index (χ2n) is 5.06. The molecule has 0 bridgehead atoms. The van der Waals surface area contributed by atoms with E-state index in [4.69, 9.17) is 4.74 Å². The summed E-state index contributed by atoms with van der Waals surface area (Å²) < 4.78 is 5.14. The van der Waals surface area contributed by atoms with Crippen molar-refractivity contribution in [3.63, 3.8) is 0 Å². The first-order valence-corrected chi connectivity index (χ1v) is 6.80. The minimum Gasteiger partial charge on any atom is -0.497 e. The molecule has 1 heterocycles. The van der Waals surface area contributed by atoms with E-state index in [1.54, 1.807) is 7.11 Å². The van der Waals surface area contributed by atoms with Crippen molar-refractivity contribution < 1.29 is 9.66 Å². The van der Waals surface area contributed by atoms with Gasteiger partial charge >= 0.3 is 0 Å². The Kier molecular flexibility index (Phi) is 3.48. The molecule has 1 saturated heterocycles. The van der Waals surface area contributed by atoms with Crippen LogP contribution in [0.2, 0.25) is 0 Å². The van der Waals surface area contributed by atoms with Crippen LogP contribution in [0.25, 0.3) is 0 Å². The van der Waals surface area contributed by atoms with E-state index >= 15 is 0 Å². The SMILES string of the molecule is COc1ccc([C@@H]2[C@@H]([N+](=O)[O-])CN2c2ccccc2)cc1. The maximum absolute atomic E-state index is 11.2. The van der Waals surface area contributed by atoms with Gasteiger partial charge in [-0.2, -0.15) is 0 Å². The lowest BCUT2D eigenvalue weighted by Gasteiger charge is -2.44. The molecule has 3 rings (SSSR count). The van der Waals surface area contributed by atoms with E-state index in [9.17, 15) is 10.1 Å². The van der Waals surface area contributed by atoms with Crippen molar-refractivity contribution in [3.05, 3.63) is 70.3 Å². The Morgan fingerprint density at radius 1 is 1.14 bits per heavy atom. The lowest BCUT2D eigenvalue weighted by Crippen LogP contribution is -2.57. The van der Waals surface area contributed by atoms with Crippen LogP contribution in [0.5, 0.6) is 5.75 Å².